The molecule has 1 aromatic heterocycles. The van der Waals surface area contributed by atoms with Crippen molar-refractivity contribution in [2.24, 2.45) is 0 Å². The number of hydrogen-bond donors (Lipinski definition) is 2. The van der Waals surface area contributed by atoms with Gasteiger partial charge in [0, 0.05) is 5.92 Å². The maximum absolute atomic E-state index is 11.9. The summed E-state index contributed by atoms with van der Waals surface area (Å²) in [6.07, 6.45) is 5.08. The number of amides is 1. The predicted molar refractivity (Wildman–Crippen MR) is 65.2 cm³/mol. The van der Waals surface area contributed by atoms with Crippen LogP contribution in [0.5, 0.6) is 0 Å². The van der Waals surface area contributed by atoms with Crippen molar-refractivity contribution >= 4 is 11.9 Å². The van der Waals surface area contributed by atoms with E-state index in [0.29, 0.717) is 11.9 Å². The van der Waals surface area contributed by atoms with E-state index >= 15 is 0 Å². The fourth-order valence-electron chi connectivity index (χ4n) is 2.38. The van der Waals surface area contributed by atoms with E-state index in [2.05, 4.69) is 20.5 Å². The van der Waals surface area contributed by atoms with Crippen LogP contribution in [0.2, 0.25) is 0 Å². The fraction of sp³-hybridized carbons (Fsp3) is 0.750. The minimum Gasteiger partial charge on any atom is -0.365 e. The molecular formula is C12H18N4O2. The number of H-pyrrole nitrogens is 1. The molecule has 3 rings (SSSR count). The third kappa shape index (κ3) is 2.25. The van der Waals surface area contributed by atoms with Gasteiger partial charge in [0.05, 0.1) is 6.10 Å². The summed E-state index contributed by atoms with van der Waals surface area (Å²) in [5, 5.41) is 9.63. The van der Waals surface area contributed by atoms with Gasteiger partial charge in [0.2, 0.25) is 5.95 Å². The molecule has 1 aliphatic carbocycles. The smallest absolute Gasteiger partial charge is 0.255 e. The Morgan fingerprint density at radius 2 is 2.22 bits per heavy atom. The van der Waals surface area contributed by atoms with Crippen LogP contribution in [0.3, 0.4) is 0 Å². The first-order valence-electron chi connectivity index (χ1n) is 6.61. The molecule has 2 aliphatic rings. The van der Waals surface area contributed by atoms with Crippen LogP contribution in [0.15, 0.2) is 0 Å². The SMILES string of the molecule is C[C@H]1CC[C@@H](C(=O)Nc2n[nH]c(C3CCC3)n2)O1. The Kier molecular flexibility index (Phi) is 3.03. The lowest BCUT2D eigenvalue weighted by Gasteiger charge is -2.22. The first kappa shape index (κ1) is 11.6. The highest BCUT2D eigenvalue weighted by Gasteiger charge is 2.29. The lowest BCUT2D eigenvalue weighted by atomic mass is 9.85. The summed E-state index contributed by atoms with van der Waals surface area (Å²) in [6, 6.07) is 0. The van der Waals surface area contributed by atoms with Crippen molar-refractivity contribution in [2.75, 3.05) is 5.32 Å². The van der Waals surface area contributed by atoms with Gasteiger partial charge >= 0.3 is 0 Å². The van der Waals surface area contributed by atoms with Crippen molar-refractivity contribution in [3.63, 3.8) is 0 Å². The monoisotopic (exact) mass is 250 g/mol. The highest BCUT2D eigenvalue weighted by molar-refractivity contribution is 5.92. The number of nitrogens with zero attached hydrogens (tertiary/aromatic N) is 2. The fourth-order valence-corrected chi connectivity index (χ4v) is 2.38. The van der Waals surface area contributed by atoms with Crippen molar-refractivity contribution in [1.29, 1.82) is 0 Å². The highest BCUT2D eigenvalue weighted by atomic mass is 16.5. The number of nitrogens with one attached hydrogen (secondary N) is 2. The Morgan fingerprint density at radius 1 is 1.39 bits per heavy atom. The molecule has 0 unspecified atom stereocenters. The van der Waals surface area contributed by atoms with Crippen LogP contribution >= 0.6 is 0 Å². The molecule has 1 saturated carbocycles. The summed E-state index contributed by atoms with van der Waals surface area (Å²) in [7, 11) is 0. The molecule has 2 N–H and O–H groups in total. The Bertz CT molecular complexity index is 441. The zero-order valence-electron chi connectivity index (χ0n) is 10.5. The molecule has 0 bridgehead atoms. The van der Waals surface area contributed by atoms with Gasteiger partial charge < -0.3 is 4.74 Å². The average Bonchev–Trinajstić information content (AvgIpc) is 2.85. The molecule has 2 heterocycles. The van der Waals surface area contributed by atoms with Crippen LogP contribution in [0.4, 0.5) is 5.95 Å². The zero-order chi connectivity index (χ0) is 12.5. The molecule has 18 heavy (non-hydrogen) atoms. The van der Waals surface area contributed by atoms with E-state index in [1.165, 1.54) is 6.42 Å². The highest BCUT2D eigenvalue weighted by Crippen LogP contribution is 2.34. The van der Waals surface area contributed by atoms with Gasteiger partial charge in [-0.25, -0.2) is 0 Å². The van der Waals surface area contributed by atoms with Gasteiger partial charge in [-0.15, -0.1) is 5.10 Å². The van der Waals surface area contributed by atoms with Crippen molar-refractivity contribution in [2.45, 2.75) is 57.2 Å². The van der Waals surface area contributed by atoms with Crippen LogP contribution in [-0.2, 0) is 9.53 Å². The van der Waals surface area contributed by atoms with Crippen molar-refractivity contribution in [1.82, 2.24) is 15.2 Å². The largest absolute Gasteiger partial charge is 0.365 e. The van der Waals surface area contributed by atoms with Crippen molar-refractivity contribution in [3.8, 4) is 0 Å². The van der Waals surface area contributed by atoms with Gasteiger partial charge in [-0.3, -0.25) is 15.2 Å². The third-order valence-electron chi connectivity index (χ3n) is 3.75. The van der Waals surface area contributed by atoms with E-state index in [0.717, 1.165) is 31.5 Å². The van der Waals surface area contributed by atoms with Crippen LogP contribution in [-0.4, -0.2) is 33.3 Å². The molecule has 1 aliphatic heterocycles. The maximum atomic E-state index is 11.9. The summed E-state index contributed by atoms with van der Waals surface area (Å²) in [5.41, 5.74) is 0. The molecule has 0 radical (unpaired) electrons. The summed E-state index contributed by atoms with van der Waals surface area (Å²) >= 11 is 0. The van der Waals surface area contributed by atoms with E-state index in [-0.39, 0.29) is 18.1 Å². The minimum absolute atomic E-state index is 0.140. The minimum atomic E-state index is -0.356. The molecule has 2 fully saturated rings. The van der Waals surface area contributed by atoms with Crippen molar-refractivity contribution < 1.29 is 9.53 Å². The second kappa shape index (κ2) is 4.68. The summed E-state index contributed by atoms with van der Waals surface area (Å²) in [5.74, 6) is 1.60. The Hall–Kier alpha value is -1.43. The molecule has 0 aromatic carbocycles. The molecule has 1 aromatic rings. The second-order valence-corrected chi connectivity index (χ2v) is 5.17. The van der Waals surface area contributed by atoms with Gasteiger partial charge in [-0.1, -0.05) is 6.42 Å². The number of carbonyl (C=O) groups is 1. The molecule has 2 atom stereocenters. The molecule has 6 heteroatoms. The number of rotatable bonds is 3. The van der Waals surface area contributed by atoms with E-state index in [1.54, 1.807) is 0 Å². The molecule has 0 spiro atoms. The summed E-state index contributed by atoms with van der Waals surface area (Å²) in [4.78, 5) is 16.2. The second-order valence-electron chi connectivity index (χ2n) is 5.17. The normalized spacial score (nSPS) is 28.1. The van der Waals surface area contributed by atoms with Crippen LogP contribution in [0.25, 0.3) is 0 Å². The molecular weight excluding hydrogens is 232 g/mol. The lowest BCUT2D eigenvalue weighted by molar-refractivity contribution is -0.126. The maximum Gasteiger partial charge on any atom is 0.255 e. The van der Waals surface area contributed by atoms with E-state index in [9.17, 15) is 4.79 Å². The Morgan fingerprint density at radius 3 is 2.83 bits per heavy atom. The predicted octanol–water partition coefficient (Wildman–Crippen LogP) is 1.58. The van der Waals surface area contributed by atoms with Gasteiger partial charge in [-0.2, -0.15) is 4.98 Å². The van der Waals surface area contributed by atoms with E-state index in [4.69, 9.17) is 4.74 Å². The first-order valence-corrected chi connectivity index (χ1v) is 6.61. The van der Waals surface area contributed by atoms with E-state index < -0.39 is 0 Å². The van der Waals surface area contributed by atoms with Gasteiger partial charge in [0.1, 0.15) is 11.9 Å². The molecule has 6 nitrogen and oxygen atoms in total. The van der Waals surface area contributed by atoms with Crippen molar-refractivity contribution in [3.05, 3.63) is 5.82 Å². The zero-order valence-corrected chi connectivity index (χ0v) is 10.5. The third-order valence-corrected chi connectivity index (χ3v) is 3.75. The topological polar surface area (TPSA) is 79.9 Å². The van der Waals surface area contributed by atoms with Gasteiger partial charge in [-0.05, 0) is 32.6 Å². The van der Waals surface area contributed by atoms with Crippen LogP contribution in [0.1, 0.15) is 50.8 Å². The quantitative estimate of drug-likeness (QED) is 0.853. The molecule has 98 valence electrons. The molecule has 1 amide bonds. The summed E-state index contributed by atoms with van der Waals surface area (Å²) < 4.78 is 5.50. The van der Waals surface area contributed by atoms with Gasteiger partial charge in [0.15, 0.2) is 0 Å². The summed E-state index contributed by atoms with van der Waals surface area (Å²) in [6.45, 7) is 1.98. The van der Waals surface area contributed by atoms with Gasteiger partial charge in [0.25, 0.3) is 5.91 Å². The van der Waals surface area contributed by atoms with E-state index in [1.807, 2.05) is 6.92 Å². The van der Waals surface area contributed by atoms with Crippen LogP contribution < -0.4 is 5.32 Å². The number of ether oxygens (including phenoxy) is 1. The Balaban J connectivity index is 1.58. The number of carbonyl (C=O) groups excluding carboxylic acids is 1. The number of aromatic amines is 1. The first-order chi connectivity index (χ1) is 8.72. The number of aromatic nitrogens is 3. The number of anilines is 1. The lowest BCUT2D eigenvalue weighted by Crippen LogP contribution is -2.28. The van der Waals surface area contributed by atoms with Crippen LogP contribution in [0, 0.1) is 0 Å². The average molecular weight is 250 g/mol. The standard InChI is InChI=1S/C12H18N4O2/c1-7-5-6-9(18-7)11(17)14-12-13-10(15-16-12)8-3-2-4-8/h7-9H,2-6H2,1H3,(H2,13,14,15,16,17)/t7-,9-/m0/s1. The number of hydrogen-bond acceptors (Lipinski definition) is 4. The molecule has 1 saturated heterocycles. The Labute approximate surface area is 106 Å².